The number of pyridine rings is 1. The first-order valence-corrected chi connectivity index (χ1v) is 11.1. The van der Waals surface area contributed by atoms with Gasteiger partial charge >= 0.3 is 0 Å². The van der Waals surface area contributed by atoms with Crippen LogP contribution in [0.4, 0.5) is 4.39 Å². The van der Waals surface area contributed by atoms with Crippen molar-refractivity contribution in [1.82, 2.24) is 24.8 Å². The van der Waals surface area contributed by atoms with Gasteiger partial charge in [0.25, 0.3) is 5.56 Å². The van der Waals surface area contributed by atoms with Gasteiger partial charge in [0, 0.05) is 43.8 Å². The highest BCUT2D eigenvalue weighted by Crippen LogP contribution is 2.31. The summed E-state index contributed by atoms with van der Waals surface area (Å²) < 4.78 is 13.8. The average molecular weight is 436 g/mol. The van der Waals surface area contributed by atoms with Gasteiger partial charge in [-0.25, -0.2) is 9.37 Å². The lowest BCUT2D eigenvalue weighted by Crippen LogP contribution is -2.45. The standard InChI is InChI=1S/C23H22FN5OS/c24-17-6-4-16(5-7-17)20-13-19-22(31-20)23(30)27-21(26-19)15-29-11-9-28(10-12-29)14-18-3-1-2-8-25-18/h1-8,13H,9-12,14-15H2,(H,26,27,30). The summed E-state index contributed by atoms with van der Waals surface area (Å²) in [4.78, 5) is 30.3. The van der Waals surface area contributed by atoms with E-state index in [2.05, 4.69) is 25.8 Å². The topological polar surface area (TPSA) is 65.1 Å². The first-order chi connectivity index (χ1) is 15.1. The van der Waals surface area contributed by atoms with Gasteiger partial charge in [0.2, 0.25) is 0 Å². The minimum Gasteiger partial charge on any atom is -0.308 e. The normalized spacial score (nSPS) is 15.5. The Hall–Kier alpha value is -2.94. The van der Waals surface area contributed by atoms with Gasteiger partial charge in [0.1, 0.15) is 16.3 Å². The molecule has 1 fully saturated rings. The number of H-pyrrole nitrogens is 1. The summed E-state index contributed by atoms with van der Waals surface area (Å²) in [5.74, 6) is 0.405. The number of nitrogens with zero attached hydrogens (tertiary/aromatic N) is 4. The molecule has 5 rings (SSSR count). The molecule has 1 saturated heterocycles. The summed E-state index contributed by atoms with van der Waals surface area (Å²) >= 11 is 1.38. The van der Waals surface area contributed by atoms with Gasteiger partial charge in [-0.3, -0.25) is 19.6 Å². The molecule has 3 aromatic heterocycles. The van der Waals surface area contributed by atoms with Crippen molar-refractivity contribution in [1.29, 1.82) is 0 Å². The van der Waals surface area contributed by atoms with Crippen molar-refractivity contribution in [3.8, 4) is 10.4 Å². The molecule has 0 radical (unpaired) electrons. The second kappa shape index (κ2) is 8.66. The van der Waals surface area contributed by atoms with Crippen molar-refractivity contribution >= 4 is 21.6 Å². The van der Waals surface area contributed by atoms with Crippen LogP contribution in [0.5, 0.6) is 0 Å². The van der Waals surface area contributed by atoms with E-state index >= 15 is 0 Å². The summed E-state index contributed by atoms with van der Waals surface area (Å²) in [6.45, 7) is 5.21. The highest BCUT2D eigenvalue weighted by molar-refractivity contribution is 7.22. The Labute approximate surface area is 183 Å². The average Bonchev–Trinajstić information content (AvgIpc) is 3.21. The van der Waals surface area contributed by atoms with Crippen LogP contribution in [0.25, 0.3) is 20.7 Å². The number of piperazine rings is 1. The van der Waals surface area contributed by atoms with Gasteiger partial charge in [-0.1, -0.05) is 18.2 Å². The molecule has 0 saturated carbocycles. The maximum Gasteiger partial charge on any atom is 0.268 e. The maximum absolute atomic E-state index is 13.2. The van der Waals surface area contributed by atoms with E-state index in [1.165, 1.54) is 23.5 Å². The molecule has 0 unspecified atom stereocenters. The summed E-state index contributed by atoms with van der Waals surface area (Å²) in [7, 11) is 0. The van der Waals surface area contributed by atoms with Crippen LogP contribution in [0.1, 0.15) is 11.5 Å². The largest absolute Gasteiger partial charge is 0.308 e. The van der Waals surface area contributed by atoms with Crippen molar-refractivity contribution in [2.75, 3.05) is 26.2 Å². The van der Waals surface area contributed by atoms with E-state index in [4.69, 9.17) is 4.98 Å². The van der Waals surface area contributed by atoms with Crippen LogP contribution in [0.3, 0.4) is 0 Å². The van der Waals surface area contributed by atoms with Crippen LogP contribution in [-0.2, 0) is 13.1 Å². The number of fused-ring (bicyclic) bond motifs is 1. The van der Waals surface area contributed by atoms with Gasteiger partial charge in [-0.2, -0.15) is 0 Å². The SMILES string of the molecule is O=c1[nH]c(CN2CCN(Cc3ccccn3)CC2)nc2cc(-c3ccc(F)cc3)sc12. The van der Waals surface area contributed by atoms with Crippen molar-refractivity contribution in [3.63, 3.8) is 0 Å². The third-order valence-electron chi connectivity index (χ3n) is 5.51. The molecule has 0 spiro atoms. The highest BCUT2D eigenvalue weighted by atomic mass is 32.1. The van der Waals surface area contributed by atoms with Gasteiger partial charge in [0.15, 0.2) is 0 Å². The number of aromatic amines is 1. The maximum atomic E-state index is 13.2. The predicted octanol–water partition coefficient (Wildman–Crippen LogP) is 3.50. The number of hydrogen-bond donors (Lipinski definition) is 1. The van der Waals surface area contributed by atoms with E-state index in [1.54, 1.807) is 12.1 Å². The third-order valence-corrected chi connectivity index (χ3v) is 6.68. The predicted molar refractivity (Wildman–Crippen MR) is 120 cm³/mol. The fraction of sp³-hybridized carbons (Fsp3) is 0.261. The molecule has 0 amide bonds. The van der Waals surface area contributed by atoms with Crippen molar-refractivity contribution < 1.29 is 4.39 Å². The number of nitrogens with one attached hydrogen (secondary N) is 1. The van der Waals surface area contributed by atoms with E-state index < -0.39 is 0 Å². The highest BCUT2D eigenvalue weighted by Gasteiger charge is 2.19. The lowest BCUT2D eigenvalue weighted by molar-refractivity contribution is 0.119. The number of halogens is 1. The quantitative estimate of drug-likeness (QED) is 0.520. The van der Waals surface area contributed by atoms with E-state index in [-0.39, 0.29) is 11.4 Å². The minimum absolute atomic E-state index is 0.118. The summed E-state index contributed by atoms with van der Waals surface area (Å²) in [5, 5.41) is 0. The molecular formula is C23H22FN5OS. The Balaban J connectivity index is 1.27. The fourth-order valence-electron chi connectivity index (χ4n) is 3.86. The molecule has 0 atom stereocenters. The molecule has 1 N–H and O–H groups in total. The molecule has 4 heterocycles. The molecule has 6 nitrogen and oxygen atoms in total. The van der Waals surface area contributed by atoms with Crippen LogP contribution in [0, 0.1) is 5.82 Å². The van der Waals surface area contributed by atoms with E-state index in [9.17, 15) is 9.18 Å². The third kappa shape index (κ3) is 4.56. The summed E-state index contributed by atoms with van der Waals surface area (Å²) in [5.41, 5.74) is 2.54. The Morgan fingerprint density at radius 1 is 1.00 bits per heavy atom. The minimum atomic E-state index is -0.275. The zero-order valence-electron chi connectivity index (χ0n) is 16.9. The van der Waals surface area contributed by atoms with Crippen molar-refractivity contribution in [2.45, 2.75) is 13.1 Å². The molecule has 1 aromatic carbocycles. The Kier molecular flexibility index (Phi) is 5.59. The molecule has 8 heteroatoms. The van der Waals surface area contributed by atoms with Gasteiger partial charge in [0.05, 0.1) is 17.8 Å². The number of hydrogen-bond acceptors (Lipinski definition) is 6. The number of benzene rings is 1. The molecule has 1 aliphatic heterocycles. The van der Waals surface area contributed by atoms with E-state index in [0.29, 0.717) is 22.6 Å². The van der Waals surface area contributed by atoms with Gasteiger partial charge in [-0.15, -0.1) is 11.3 Å². The van der Waals surface area contributed by atoms with Crippen LogP contribution in [0.2, 0.25) is 0 Å². The van der Waals surface area contributed by atoms with Crippen molar-refractivity contribution in [3.05, 3.63) is 82.4 Å². The molecule has 0 aliphatic carbocycles. The van der Waals surface area contributed by atoms with Crippen LogP contribution < -0.4 is 5.56 Å². The lowest BCUT2D eigenvalue weighted by atomic mass is 10.2. The monoisotopic (exact) mass is 435 g/mol. The smallest absolute Gasteiger partial charge is 0.268 e. The van der Waals surface area contributed by atoms with Crippen molar-refractivity contribution in [2.24, 2.45) is 0 Å². The molecule has 1 aliphatic rings. The molecule has 31 heavy (non-hydrogen) atoms. The molecule has 0 bridgehead atoms. The number of aromatic nitrogens is 3. The Morgan fingerprint density at radius 2 is 1.74 bits per heavy atom. The van der Waals surface area contributed by atoms with E-state index in [0.717, 1.165) is 48.9 Å². The van der Waals surface area contributed by atoms with Crippen LogP contribution in [-0.4, -0.2) is 50.9 Å². The molecular weight excluding hydrogens is 413 g/mol. The van der Waals surface area contributed by atoms with Crippen LogP contribution >= 0.6 is 11.3 Å². The zero-order valence-corrected chi connectivity index (χ0v) is 17.7. The first-order valence-electron chi connectivity index (χ1n) is 10.3. The number of rotatable bonds is 5. The van der Waals surface area contributed by atoms with Gasteiger partial charge < -0.3 is 4.98 Å². The first kappa shape index (κ1) is 20.0. The lowest BCUT2D eigenvalue weighted by Gasteiger charge is -2.34. The second-order valence-electron chi connectivity index (χ2n) is 7.72. The van der Waals surface area contributed by atoms with Crippen LogP contribution in [0.15, 0.2) is 59.5 Å². The van der Waals surface area contributed by atoms with E-state index in [1.807, 2.05) is 24.4 Å². The Morgan fingerprint density at radius 3 is 2.45 bits per heavy atom. The molecule has 4 aromatic rings. The Bertz CT molecular complexity index is 1230. The summed E-state index contributed by atoms with van der Waals surface area (Å²) in [6.07, 6.45) is 1.83. The second-order valence-corrected chi connectivity index (χ2v) is 8.77. The number of thiophene rings is 1. The van der Waals surface area contributed by atoms with Gasteiger partial charge in [-0.05, 0) is 35.9 Å². The fourth-order valence-corrected chi connectivity index (χ4v) is 4.85. The molecule has 158 valence electrons. The summed E-state index contributed by atoms with van der Waals surface area (Å²) in [6, 6.07) is 14.2. The zero-order chi connectivity index (χ0) is 21.2.